The van der Waals surface area contributed by atoms with Crippen molar-refractivity contribution in [1.82, 2.24) is 4.90 Å². The van der Waals surface area contributed by atoms with E-state index in [2.05, 4.69) is 25.3 Å². The van der Waals surface area contributed by atoms with E-state index < -0.39 is 0 Å². The van der Waals surface area contributed by atoms with E-state index in [1.165, 1.54) is 38.5 Å². The second-order valence-electron chi connectivity index (χ2n) is 5.93. The summed E-state index contributed by atoms with van der Waals surface area (Å²) in [5.41, 5.74) is 0.0853. The minimum Gasteiger partial charge on any atom is -0.391 e. The monoisotopic (exact) mass is 267 g/mol. The molecule has 1 aliphatic carbocycles. The van der Waals surface area contributed by atoms with Gasteiger partial charge in [0.15, 0.2) is 0 Å². The third-order valence-electron chi connectivity index (χ3n) is 4.87. The molecule has 0 aromatic heterocycles. The molecular weight excluding hydrogens is 234 g/mol. The van der Waals surface area contributed by atoms with E-state index in [1.54, 1.807) is 0 Å². The Bertz CT molecular complexity index is 242. The molecule has 0 aliphatic heterocycles. The Labute approximate surface area is 119 Å². The molecule has 0 spiro atoms. The van der Waals surface area contributed by atoms with Crippen molar-refractivity contribution in [3.63, 3.8) is 0 Å². The van der Waals surface area contributed by atoms with Crippen molar-refractivity contribution in [3.05, 3.63) is 12.7 Å². The molecule has 1 N–H and O–H groups in total. The molecule has 2 nitrogen and oxygen atoms in total. The Morgan fingerprint density at radius 1 is 1.16 bits per heavy atom. The van der Waals surface area contributed by atoms with Crippen LogP contribution in [-0.4, -0.2) is 34.7 Å². The van der Waals surface area contributed by atoms with E-state index in [4.69, 9.17) is 0 Å². The van der Waals surface area contributed by atoms with Crippen molar-refractivity contribution in [2.24, 2.45) is 0 Å². The molecule has 0 aromatic carbocycles. The lowest BCUT2D eigenvalue weighted by molar-refractivity contribution is -0.0300. The number of rotatable bonds is 10. The molecule has 1 fully saturated rings. The van der Waals surface area contributed by atoms with Gasteiger partial charge in [-0.25, -0.2) is 0 Å². The molecule has 0 aromatic rings. The molecule has 0 amide bonds. The Balaban J connectivity index is 2.48. The smallest absolute Gasteiger partial charge is 0.0723 e. The molecule has 112 valence electrons. The van der Waals surface area contributed by atoms with Gasteiger partial charge in [0.25, 0.3) is 0 Å². The molecule has 1 atom stereocenters. The first-order chi connectivity index (χ1) is 9.21. The zero-order chi connectivity index (χ0) is 14.1. The zero-order valence-corrected chi connectivity index (χ0v) is 13.0. The fourth-order valence-corrected chi connectivity index (χ4v) is 3.77. The van der Waals surface area contributed by atoms with E-state index in [1.807, 2.05) is 6.08 Å². The number of unbranched alkanes of at least 4 members (excludes halogenated alkanes) is 3. The average Bonchev–Trinajstić information content (AvgIpc) is 2.90. The number of hydrogen-bond donors (Lipinski definition) is 1. The molecular formula is C17H33NO. The highest BCUT2D eigenvalue weighted by atomic mass is 16.3. The van der Waals surface area contributed by atoms with Crippen molar-refractivity contribution in [2.75, 3.05) is 13.1 Å². The van der Waals surface area contributed by atoms with Gasteiger partial charge in [-0.2, -0.15) is 0 Å². The molecule has 1 rings (SSSR count). The first-order valence-electron chi connectivity index (χ1n) is 8.25. The predicted molar refractivity (Wildman–Crippen MR) is 83.4 cm³/mol. The maximum absolute atomic E-state index is 10.7. The summed E-state index contributed by atoms with van der Waals surface area (Å²) in [7, 11) is 0. The van der Waals surface area contributed by atoms with Crippen LogP contribution in [0.15, 0.2) is 12.7 Å². The van der Waals surface area contributed by atoms with Crippen molar-refractivity contribution < 1.29 is 5.11 Å². The topological polar surface area (TPSA) is 23.5 Å². The van der Waals surface area contributed by atoms with Crippen LogP contribution in [0, 0.1) is 0 Å². The van der Waals surface area contributed by atoms with E-state index >= 15 is 0 Å². The molecule has 0 radical (unpaired) electrons. The highest BCUT2D eigenvalue weighted by Crippen LogP contribution is 2.39. The molecule has 0 saturated heterocycles. The van der Waals surface area contributed by atoms with Crippen LogP contribution in [-0.2, 0) is 0 Å². The highest BCUT2D eigenvalue weighted by molar-refractivity contribution is 4.99. The second kappa shape index (κ2) is 8.76. The van der Waals surface area contributed by atoms with Gasteiger partial charge in [0, 0.05) is 5.54 Å². The van der Waals surface area contributed by atoms with Gasteiger partial charge in [0.2, 0.25) is 0 Å². The molecule has 0 heterocycles. The SMILES string of the molecule is C=CCCCCCC(O)C1(N(CC)CC)CCCC1. The fraction of sp³-hybridized carbons (Fsp3) is 0.882. The van der Waals surface area contributed by atoms with E-state index in [9.17, 15) is 5.11 Å². The lowest BCUT2D eigenvalue weighted by Crippen LogP contribution is -2.54. The average molecular weight is 267 g/mol. The molecule has 1 saturated carbocycles. The van der Waals surface area contributed by atoms with Crippen LogP contribution in [0.4, 0.5) is 0 Å². The summed E-state index contributed by atoms with van der Waals surface area (Å²) in [6.45, 7) is 10.3. The van der Waals surface area contributed by atoms with Gasteiger partial charge in [-0.05, 0) is 45.2 Å². The minimum atomic E-state index is -0.140. The van der Waals surface area contributed by atoms with Gasteiger partial charge in [-0.3, -0.25) is 4.90 Å². The van der Waals surface area contributed by atoms with Gasteiger partial charge in [-0.15, -0.1) is 6.58 Å². The van der Waals surface area contributed by atoms with E-state index in [0.717, 1.165) is 32.4 Å². The maximum atomic E-state index is 10.7. The molecule has 19 heavy (non-hydrogen) atoms. The van der Waals surface area contributed by atoms with Crippen molar-refractivity contribution >= 4 is 0 Å². The van der Waals surface area contributed by atoms with Crippen LogP contribution >= 0.6 is 0 Å². The predicted octanol–water partition coefficient (Wildman–Crippen LogP) is 4.14. The lowest BCUT2D eigenvalue weighted by atomic mass is 9.85. The van der Waals surface area contributed by atoms with Crippen molar-refractivity contribution in [2.45, 2.75) is 83.3 Å². The number of likely N-dealkylation sites (N-methyl/N-ethyl adjacent to an activating group) is 1. The summed E-state index contributed by atoms with van der Waals surface area (Å²) < 4.78 is 0. The summed E-state index contributed by atoms with van der Waals surface area (Å²) in [4.78, 5) is 2.51. The summed E-state index contributed by atoms with van der Waals surface area (Å²) in [5.74, 6) is 0. The van der Waals surface area contributed by atoms with E-state index in [0.29, 0.717) is 0 Å². The van der Waals surface area contributed by atoms with Gasteiger partial charge < -0.3 is 5.11 Å². The Kier molecular flexibility index (Phi) is 7.70. The third kappa shape index (κ3) is 4.32. The van der Waals surface area contributed by atoms with Crippen LogP contribution in [0.5, 0.6) is 0 Å². The van der Waals surface area contributed by atoms with Crippen LogP contribution < -0.4 is 0 Å². The standard InChI is InChI=1S/C17H33NO/c1-4-7-8-9-10-13-16(19)17(14-11-12-15-17)18(5-2)6-3/h4,16,19H,1,5-15H2,2-3H3. The lowest BCUT2D eigenvalue weighted by Gasteiger charge is -2.44. The van der Waals surface area contributed by atoms with Gasteiger partial charge in [0.05, 0.1) is 6.10 Å². The van der Waals surface area contributed by atoms with Gasteiger partial charge in [-0.1, -0.05) is 45.6 Å². The van der Waals surface area contributed by atoms with E-state index in [-0.39, 0.29) is 11.6 Å². The highest BCUT2D eigenvalue weighted by Gasteiger charge is 2.43. The van der Waals surface area contributed by atoms with Crippen LogP contribution in [0.2, 0.25) is 0 Å². The normalized spacial score (nSPS) is 19.8. The molecule has 2 heteroatoms. The number of aliphatic hydroxyl groups is 1. The molecule has 1 aliphatic rings. The van der Waals surface area contributed by atoms with Gasteiger partial charge >= 0.3 is 0 Å². The first-order valence-corrected chi connectivity index (χ1v) is 8.25. The second-order valence-corrected chi connectivity index (χ2v) is 5.93. The summed E-state index contributed by atoms with van der Waals surface area (Å²) >= 11 is 0. The number of allylic oxidation sites excluding steroid dienone is 1. The van der Waals surface area contributed by atoms with Crippen LogP contribution in [0.3, 0.4) is 0 Å². The summed E-state index contributed by atoms with van der Waals surface area (Å²) in [5, 5.41) is 10.7. The summed E-state index contributed by atoms with van der Waals surface area (Å²) in [6.07, 6.45) is 12.4. The molecule has 1 unspecified atom stereocenters. The van der Waals surface area contributed by atoms with Crippen molar-refractivity contribution in [3.8, 4) is 0 Å². The quantitative estimate of drug-likeness (QED) is 0.475. The first kappa shape index (κ1) is 16.7. The van der Waals surface area contributed by atoms with Gasteiger partial charge in [0.1, 0.15) is 0 Å². The minimum absolute atomic E-state index is 0.0853. The van der Waals surface area contributed by atoms with Crippen LogP contribution in [0.25, 0.3) is 0 Å². The largest absolute Gasteiger partial charge is 0.391 e. The van der Waals surface area contributed by atoms with Crippen molar-refractivity contribution in [1.29, 1.82) is 0 Å². The zero-order valence-electron chi connectivity index (χ0n) is 13.0. The third-order valence-corrected chi connectivity index (χ3v) is 4.87. The Morgan fingerprint density at radius 2 is 1.79 bits per heavy atom. The molecule has 0 bridgehead atoms. The Morgan fingerprint density at radius 3 is 2.32 bits per heavy atom. The fourth-order valence-electron chi connectivity index (χ4n) is 3.77. The number of aliphatic hydroxyl groups excluding tert-OH is 1. The summed E-state index contributed by atoms with van der Waals surface area (Å²) in [6, 6.07) is 0. The number of hydrogen-bond acceptors (Lipinski definition) is 2. The van der Waals surface area contributed by atoms with Crippen LogP contribution in [0.1, 0.15) is 71.6 Å². The number of nitrogens with zero attached hydrogens (tertiary/aromatic N) is 1. The Hall–Kier alpha value is -0.340. The maximum Gasteiger partial charge on any atom is 0.0723 e.